The Kier molecular flexibility index (Phi) is 6.54. The van der Waals surface area contributed by atoms with Crippen LogP contribution in [0.5, 0.6) is 0 Å². The van der Waals surface area contributed by atoms with E-state index in [1.807, 2.05) is 20.8 Å². The molecule has 0 heterocycles. The van der Waals surface area contributed by atoms with Crippen molar-refractivity contribution in [2.45, 2.75) is 72.4 Å². The molecule has 0 aliphatic rings. The number of nitrogens with one attached hydrogen (secondary N) is 1. The van der Waals surface area contributed by atoms with Crippen LogP contribution in [0.3, 0.4) is 0 Å². The molecule has 0 saturated carbocycles. The fourth-order valence-electron chi connectivity index (χ4n) is 1.61. The van der Waals surface area contributed by atoms with Gasteiger partial charge in [-0.2, -0.15) is 0 Å². The number of aliphatic carboxylic acids is 1. The largest absolute Gasteiger partial charge is 0.480 e. The third-order valence-corrected chi connectivity index (χ3v) is 4.01. The SMILES string of the molecule is CCC(C)(C)C(=O)CCC(NC(C)(C)C(C)=O)C(=O)O. The third-order valence-electron chi connectivity index (χ3n) is 4.01. The minimum atomic E-state index is -1.04. The van der Waals surface area contributed by atoms with E-state index < -0.39 is 23.0 Å². The quantitative estimate of drug-likeness (QED) is 0.678. The highest BCUT2D eigenvalue weighted by Crippen LogP contribution is 2.24. The van der Waals surface area contributed by atoms with Gasteiger partial charge in [0.15, 0.2) is 0 Å². The van der Waals surface area contributed by atoms with Gasteiger partial charge in [-0.1, -0.05) is 20.8 Å². The highest BCUT2D eigenvalue weighted by atomic mass is 16.4. The summed E-state index contributed by atoms with van der Waals surface area (Å²) in [6.45, 7) is 10.4. The molecule has 0 aliphatic carbocycles. The van der Waals surface area contributed by atoms with Crippen molar-refractivity contribution in [2.75, 3.05) is 0 Å². The lowest BCUT2D eigenvalue weighted by molar-refractivity contribution is -0.140. The van der Waals surface area contributed by atoms with E-state index in [2.05, 4.69) is 5.32 Å². The van der Waals surface area contributed by atoms with Crippen LogP contribution in [0.15, 0.2) is 0 Å². The maximum Gasteiger partial charge on any atom is 0.320 e. The number of carbonyl (C=O) groups is 3. The van der Waals surface area contributed by atoms with Crippen LogP contribution in [0.2, 0.25) is 0 Å². The standard InChI is InChI=1S/C15H27NO4/c1-7-14(3,4)12(18)9-8-11(13(19)20)16-15(5,6)10(2)17/h11,16H,7-9H2,1-6H3,(H,19,20). The van der Waals surface area contributed by atoms with Crippen LogP contribution in [0.25, 0.3) is 0 Å². The number of ketones is 2. The Morgan fingerprint density at radius 3 is 2.00 bits per heavy atom. The summed E-state index contributed by atoms with van der Waals surface area (Å²) in [6, 6.07) is -0.898. The highest BCUT2D eigenvalue weighted by Gasteiger charge is 2.32. The Balaban J connectivity index is 4.71. The molecule has 20 heavy (non-hydrogen) atoms. The number of rotatable bonds is 9. The van der Waals surface area contributed by atoms with Crippen molar-refractivity contribution in [2.24, 2.45) is 5.41 Å². The number of hydrogen-bond acceptors (Lipinski definition) is 4. The Morgan fingerprint density at radius 1 is 1.15 bits per heavy atom. The van der Waals surface area contributed by atoms with Crippen LogP contribution in [-0.4, -0.2) is 34.2 Å². The van der Waals surface area contributed by atoms with Gasteiger partial charge in [-0.3, -0.25) is 19.7 Å². The Morgan fingerprint density at radius 2 is 1.65 bits per heavy atom. The van der Waals surface area contributed by atoms with Gasteiger partial charge in [0.1, 0.15) is 17.6 Å². The lowest BCUT2D eigenvalue weighted by Crippen LogP contribution is -2.53. The Hall–Kier alpha value is -1.23. The van der Waals surface area contributed by atoms with Gasteiger partial charge in [0.05, 0.1) is 5.54 Å². The van der Waals surface area contributed by atoms with Crippen molar-refractivity contribution in [3.63, 3.8) is 0 Å². The second-order valence-electron chi connectivity index (χ2n) is 6.42. The van der Waals surface area contributed by atoms with Crippen LogP contribution in [0, 0.1) is 5.41 Å². The van der Waals surface area contributed by atoms with Gasteiger partial charge in [0.25, 0.3) is 0 Å². The van der Waals surface area contributed by atoms with E-state index in [0.717, 1.165) is 6.42 Å². The Labute approximate surface area is 121 Å². The van der Waals surface area contributed by atoms with E-state index >= 15 is 0 Å². The summed E-state index contributed by atoms with van der Waals surface area (Å²) < 4.78 is 0. The normalized spacial score (nSPS) is 13.9. The molecule has 0 bridgehead atoms. The summed E-state index contributed by atoms with van der Waals surface area (Å²) in [5.74, 6) is -1.13. The fraction of sp³-hybridized carbons (Fsp3) is 0.800. The molecule has 0 aromatic carbocycles. The molecule has 5 nitrogen and oxygen atoms in total. The Bertz CT molecular complexity index is 385. The summed E-state index contributed by atoms with van der Waals surface area (Å²) in [5.41, 5.74) is -1.34. The first-order chi connectivity index (χ1) is 8.94. The third kappa shape index (κ3) is 5.41. The fourth-order valence-corrected chi connectivity index (χ4v) is 1.61. The molecular formula is C15H27NO4. The van der Waals surface area contributed by atoms with Gasteiger partial charge in [0.2, 0.25) is 0 Å². The molecule has 0 fully saturated rings. The van der Waals surface area contributed by atoms with E-state index in [1.165, 1.54) is 6.92 Å². The monoisotopic (exact) mass is 285 g/mol. The summed E-state index contributed by atoms with van der Waals surface area (Å²) in [4.78, 5) is 34.7. The summed E-state index contributed by atoms with van der Waals surface area (Å²) in [5, 5.41) is 12.0. The van der Waals surface area contributed by atoms with Crippen molar-refractivity contribution in [1.82, 2.24) is 5.32 Å². The van der Waals surface area contributed by atoms with Crippen LogP contribution in [0.4, 0.5) is 0 Å². The second-order valence-corrected chi connectivity index (χ2v) is 6.42. The predicted octanol–water partition coefficient (Wildman–Crippen LogP) is 2.18. The van der Waals surface area contributed by atoms with E-state index in [0.29, 0.717) is 0 Å². The van der Waals surface area contributed by atoms with Gasteiger partial charge < -0.3 is 5.11 Å². The zero-order valence-electron chi connectivity index (χ0n) is 13.4. The zero-order chi connectivity index (χ0) is 16.1. The minimum absolute atomic E-state index is 0.0497. The average Bonchev–Trinajstić information content (AvgIpc) is 2.33. The molecule has 116 valence electrons. The van der Waals surface area contributed by atoms with Crippen LogP contribution >= 0.6 is 0 Å². The molecule has 0 rings (SSSR count). The van der Waals surface area contributed by atoms with Crippen molar-refractivity contribution in [3.05, 3.63) is 0 Å². The molecule has 0 spiro atoms. The summed E-state index contributed by atoms with van der Waals surface area (Å²) >= 11 is 0. The topological polar surface area (TPSA) is 83.5 Å². The van der Waals surface area contributed by atoms with Crippen LogP contribution in [0.1, 0.15) is 60.8 Å². The van der Waals surface area contributed by atoms with E-state index in [4.69, 9.17) is 0 Å². The second kappa shape index (κ2) is 6.97. The average molecular weight is 285 g/mol. The number of Topliss-reactive ketones (excluding diaryl/α,β-unsaturated/α-hetero) is 2. The smallest absolute Gasteiger partial charge is 0.320 e. The highest BCUT2D eigenvalue weighted by molar-refractivity contribution is 5.87. The van der Waals surface area contributed by atoms with Gasteiger partial charge in [-0.15, -0.1) is 0 Å². The van der Waals surface area contributed by atoms with Gasteiger partial charge in [-0.05, 0) is 33.6 Å². The van der Waals surface area contributed by atoms with E-state index in [1.54, 1.807) is 13.8 Å². The first-order valence-corrected chi connectivity index (χ1v) is 6.99. The van der Waals surface area contributed by atoms with E-state index in [-0.39, 0.29) is 24.4 Å². The first-order valence-electron chi connectivity index (χ1n) is 6.99. The number of carboxylic acids is 1. The maximum atomic E-state index is 12.0. The van der Waals surface area contributed by atoms with Gasteiger partial charge in [0, 0.05) is 11.8 Å². The molecule has 0 saturated heterocycles. The van der Waals surface area contributed by atoms with Gasteiger partial charge in [-0.25, -0.2) is 0 Å². The minimum Gasteiger partial charge on any atom is -0.480 e. The van der Waals surface area contributed by atoms with Crippen LogP contribution in [-0.2, 0) is 14.4 Å². The van der Waals surface area contributed by atoms with Gasteiger partial charge >= 0.3 is 5.97 Å². The van der Waals surface area contributed by atoms with E-state index in [9.17, 15) is 19.5 Å². The number of carboxylic acid groups (broad SMARTS) is 1. The van der Waals surface area contributed by atoms with Crippen LogP contribution < -0.4 is 5.32 Å². The van der Waals surface area contributed by atoms with Crippen molar-refractivity contribution >= 4 is 17.5 Å². The molecule has 0 amide bonds. The molecule has 1 unspecified atom stereocenters. The number of hydrogen-bond donors (Lipinski definition) is 2. The molecule has 0 aromatic rings. The molecule has 1 atom stereocenters. The van der Waals surface area contributed by atoms with Crippen molar-refractivity contribution < 1.29 is 19.5 Å². The van der Waals surface area contributed by atoms with Crippen molar-refractivity contribution in [1.29, 1.82) is 0 Å². The first kappa shape index (κ1) is 18.8. The summed E-state index contributed by atoms with van der Waals surface area (Å²) in [7, 11) is 0. The molecule has 5 heteroatoms. The number of carbonyl (C=O) groups excluding carboxylic acids is 2. The molecule has 0 aromatic heterocycles. The lowest BCUT2D eigenvalue weighted by atomic mass is 9.82. The molecule has 2 N–H and O–H groups in total. The lowest BCUT2D eigenvalue weighted by Gasteiger charge is -2.28. The zero-order valence-corrected chi connectivity index (χ0v) is 13.4. The van der Waals surface area contributed by atoms with Crippen molar-refractivity contribution in [3.8, 4) is 0 Å². The molecule has 0 radical (unpaired) electrons. The predicted molar refractivity (Wildman–Crippen MR) is 77.6 cm³/mol. The maximum absolute atomic E-state index is 12.0. The molecular weight excluding hydrogens is 258 g/mol. The summed E-state index contributed by atoms with van der Waals surface area (Å²) in [6.07, 6.45) is 1.10. The molecule has 0 aliphatic heterocycles.